The molecule has 1 N–H and O–H groups in total. The molecule has 0 aliphatic rings. The molecule has 0 radical (unpaired) electrons. The summed E-state index contributed by atoms with van der Waals surface area (Å²) in [6, 6.07) is 55.5. The average molecular weight is 678 g/mol. The summed E-state index contributed by atoms with van der Waals surface area (Å²) in [5.41, 5.74) is 14.4. The molecule has 0 amide bonds. The Hall–Kier alpha value is -5.80. The van der Waals surface area contributed by atoms with Gasteiger partial charge in [-0.3, -0.25) is 10.4 Å². The third-order valence-corrected chi connectivity index (χ3v) is 9.59. The van der Waals surface area contributed by atoms with Crippen LogP contribution in [0.1, 0.15) is 80.5 Å². The van der Waals surface area contributed by atoms with Gasteiger partial charge in [0.25, 0.3) is 0 Å². The summed E-state index contributed by atoms with van der Waals surface area (Å²) in [6.07, 6.45) is 0. The Bertz CT molecular complexity index is 2120. The highest BCUT2D eigenvalue weighted by Gasteiger charge is 2.28. The highest BCUT2D eigenvalue weighted by molar-refractivity contribution is 6.14. The molecule has 52 heavy (non-hydrogen) atoms. The molecule has 0 saturated carbocycles. The lowest BCUT2D eigenvalue weighted by atomic mass is 9.74. The van der Waals surface area contributed by atoms with E-state index in [4.69, 9.17) is 10.1 Å². The molecule has 0 heterocycles. The lowest BCUT2D eigenvalue weighted by Crippen LogP contribution is -2.18. The zero-order valence-electron chi connectivity index (χ0n) is 31.1. The van der Waals surface area contributed by atoms with Gasteiger partial charge in [-0.1, -0.05) is 181 Å². The number of hydrogen-bond donors (Lipinski definition) is 1. The molecule has 3 nitrogen and oxygen atoms in total. The Kier molecular flexibility index (Phi) is 9.62. The molecule has 0 unspecified atom stereocenters. The molecule has 0 aliphatic heterocycles. The van der Waals surface area contributed by atoms with Crippen LogP contribution in [-0.4, -0.2) is 11.4 Å². The van der Waals surface area contributed by atoms with E-state index in [-0.39, 0.29) is 10.8 Å². The number of rotatable bonds is 8. The highest BCUT2D eigenvalue weighted by atomic mass is 15.3. The fourth-order valence-corrected chi connectivity index (χ4v) is 7.38. The molecular weight excluding hydrogens is 631 g/mol. The number of hydrogen-bond acceptors (Lipinski definition) is 3. The van der Waals surface area contributed by atoms with Crippen molar-refractivity contribution in [2.45, 2.75) is 58.9 Å². The molecule has 0 aromatic heterocycles. The Balaban J connectivity index is 1.36. The lowest BCUT2D eigenvalue weighted by Gasteiger charge is -2.30. The summed E-state index contributed by atoms with van der Waals surface area (Å²) < 4.78 is 0. The Labute approximate surface area is 308 Å². The summed E-state index contributed by atoms with van der Waals surface area (Å²) in [6.45, 7) is 14.5. The normalized spacial score (nSPS) is 11.7. The van der Waals surface area contributed by atoms with Gasteiger partial charge in [-0.25, -0.2) is 0 Å². The van der Waals surface area contributed by atoms with E-state index in [9.17, 15) is 0 Å². The maximum atomic E-state index is 5.25. The fourth-order valence-electron chi connectivity index (χ4n) is 7.38. The Morgan fingerprint density at radius 2 is 0.846 bits per heavy atom. The van der Waals surface area contributed by atoms with E-state index >= 15 is 0 Å². The van der Waals surface area contributed by atoms with Gasteiger partial charge in [0.1, 0.15) is 0 Å². The van der Waals surface area contributed by atoms with Crippen molar-refractivity contribution in [2.24, 2.45) is 10.1 Å². The molecule has 0 spiro atoms. The van der Waals surface area contributed by atoms with Gasteiger partial charge in [0.2, 0.25) is 0 Å². The van der Waals surface area contributed by atoms with Gasteiger partial charge in [0, 0.05) is 22.3 Å². The van der Waals surface area contributed by atoms with Gasteiger partial charge in [-0.15, -0.1) is 0 Å². The van der Waals surface area contributed by atoms with Crippen LogP contribution in [0.25, 0.3) is 21.5 Å². The van der Waals surface area contributed by atoms with E-state index in [1.165, 1.54) is 38.2 Å². The number of nitrogens with zero attached hydrogens (tertiary/aromatic N) is 2. The van der Waals surface area contributed by atoms with E-state index in [0.29, 0.717) is 6.54 Å². The molecule has 0 aliphatic carbocycles. The van der Waals surface area contributed by atoms with Crippen LogP contribution in [0.3, 0.4) is 0 Å². The molecule has 7 aromatic rings. The first-order valence-corrected chi connectivity index (χ1v) is 18.2. The third kappa shape index (κ3) is 7.31. The van der Waals surface area contributed by atoms with Crippen molar-refractivity contribution in [3.63, 3.8) is 0 Å². The first-order chi connectivity index (χ1) is 25.1. The minimum absolute atomic E-state index is 0.102. The van der Waals surface area contributed by atoms with Crippen molar-refractivity contribution < 1.29 is 0 Å². The minimum atomic E-state index is -0.110. The van der Waals surface area contributed by atoms with Gasteiger partial charge < -0.3 is 0 Å². The van der Waals surface area contributed by atoms with Crippen LogP contribution in [0.15, 0.2) is 168 Å². The number of hydrazone groups is 1. The molecule has 7 aromatic carbocycles. The minimum Gasteiger partial charge on any atom is -0.279 e. The predicted molar refractivity (Wildman–Crippen MR) is 223 cm³/mol. The van der Waals surface area contributed by atoms with Crippen LogP contribution < -0.4 is 5.43 Å². The van der Waals surface area contributed by atoms with Crippen molar-refractivity contribution in [3.05, 3.63) is 197 Å². The second kappa shape index (κ2) is 14.4. The van der Waals surface area contributed by atoms with Gasteiger partial charge in [0.15, 0.2) is 0 Å². The zero-order valence-corrected chi connectivity index (χ0v) is 31.1. The van der Waals surface area contributed by atoms with E-state index < -0.39 is 0 Å². The van der Waals surface area contributed by atoms with Gasteiger partial charge in [0.05, 0.1) is 23.7 Å². The Morgan fingerprint density at radius 1 is 0.442 bits per heavy atom. The SMILES string of the molecule is CC(C)(C)c1c2ccc(NN=C(c3ccccc3)c3ccccc3)cc2c(C(C)(C)C)c2ccc(CN=C(c3ccccc3)c3ccccc3)cc12. The average Bonchev–Trinajstić information content (AvgIpc) is 3.14. The fraction of sp³-hybridized carbons (Fsp3) is 0.184. The second-order valence-corrected chi connectivity index (χ2v) is 15.6. The van der Waals surface area contributed by atoms with Crippen LogP contribution in [0.2, 0.25) is 0 Å². The van der Waals surface area contributed by atoms with Crippen molar-refractivity contribution in [1.82, 2.24) is 0 Å². The molecule has 0 bridgehead atoms. The lowest BCUT2D eigenvalue weighted by molar-refractivity contribution is 0.593. The van der Waals surface area contributed by atoms with Gasteiger partial charge >= 0.3 is 0 Å². The first-order valence-electron chi connectivity index (χ1n) is 18.2. The summed E-state index contributed by atoms with van der Waals surface area (Å²) in [5.74, 6) is 0. The quantitative estimate of drug-likeness (QED) is 0.0970. The van der Waals surface area contributed by atoms with Crippen LogP contribution in [0.4, 0.5) is 5.69 Å². The molecule has 7 rings (SSSR count). The largest absolute Gasteiger partial charge is 0.279 e. The first kappa shape index (κ1) is 34.6. The number of anilines is 1. The number of fused-ring (bicyclic) bond motifs is 2. The van der Waals surface area contributed by atoms with Gasteiger partial charge in [-0.05, 0) is 67.3 Å². The van der Waals surface area contributed by atoms with Crippen molar-refractivity contribution in [2.75, 3.05) is 5.43 Å². The third-order valence-electron chi connectivity index (χ3n) is 9.59. The summed E-state index contributed by atoms with van der Waals surface area (Å²) in [5, 5.41) is 10.1. The summed E-state index contributed by atoms with van der Waals surface area (Å²) in [4.78, 5) is 5.25. The van der Waals surface area contributed by atoms with E-state index in [1.54, 1.807) is 0 Å². The molecule has 0 saturated heterocycles. The van der Waals surface area contributed by atoms with Crippen molar-refractivity contribution in [1.29, 1.82) is 0 Å². The van der Waals surface area contributed by atoms with Crippen molar-refractivity contribution in [3.8, 4) is 0 Å². The highest BCUT2D eigenvalue weighted by Crippen LogP contribution is 2.44. The standard InChI is InChI=1S/C49H47N3/c1-48(2,3)44-41-30-28-39(51-52-47(37-23-15-9-16-24-37)38-25-17-10-18-26-38)32-43(41)45(49(4,5)6)40-29-27-34(31-42(40)44)33-50-46(35-19-11-7-12-20-35)36-21-13-8-14-22-36/h7-32,51H,33H2,1-6H3. The second-order valence-electron chi connectivity index (χ2n) is 15.6. The van der Waals surface area contributed by atoms with E-state index in [1.807, 2.05) is 12.1 Å². The van der Waals surface area contributed by atoms with Crippen LogP contribution in [0.5, 0.6) is 0 Å². The summed E-state index contributed by atoms with van der Waals surface area (Å²) in [7, 11) is 0. The maximum absolute atomic E-state index is 5.25. The Morgan fingerprint density at radius 3 is 1.29 bits per heavy atom. The van der Waals surface area contributed by atoms with Gasteiger partial charge in [-0.2, -0.15) is 5.10 Å². The van der Waals surface area contributed by atoms with Crippen LogP contribution in [-0.2, 0) is 17.4 Å². The molecule has 0 fully saturated rings. The molecule has 0 atom stereocenters. The topological polar surface area (TPSA) is 36.8 Å². The van der Waals surface area contributed by atoms with Crippen LogP contribution in [0, 0.1) is 0 Å². The van der Waals surface area contributed by atoms with Crippen molar-refractivity contribution >= 4 is 38.7 Å². The zero-order chi connectivity index (χ0) is 36.3. The maximum Gasteiger partial charge on any atom is 0.0977 e. The summed E-state index contributed by atoms with van der Waals surface area (Å²) >= 11 is 0. The number of nitrogens with one attached hydrogen (secondary N) is 1. The molecule has 3 heteroatoms. The van der Waals surface area contributed by atoms with Crippen LogP contribution >= 0.6 is 0 Å². The monoisotopic (exact) mass is 677 g/mol. The predicted octanol–water partition coefficient (Wildman–Crippen LogP) is 12.5. The number of benzene rings is 7. The number of aliphatic imine (C=N–C) groups is 1. The molecule has 258 valence electrons. The van der Waals surface area contributed by atoms with E-state index in [0.717, 1.165) is 39.4 Å². The molecular formula is C49H47N3. The van der Waals surface area contributed by atoms with E-state index in [2.05, 4.69) is 193 Å². The smallest absolute Gasteiger partial charge is 0.0977 e.